The molecule has 4 aliphatic rings. The summed E-state index contributed by atoms with van der Waals surface area (Å²) < 4.78 is 0. The lowest BCUT2D eigenvalue weighted by atomic mass is 10.0. The average molecular weight is 383 g/mol. The largest absolute Gasteiger partial charge is 0.365 e. The number of nitrogens with zero attached hydrogens (tertiary/aromatic N) is 6. The van der Waals surface area contributed by atoms with E-state index in [1.807, 2.05) is 0 Å². The van der Waals surface area contributed by atoms with Gasteiger partial charge >= 0.3 is 5.70 Å². The summed E-state index contributed by atoms with van der Waals surface area (Å²) in [4.78, 5) is 13.6. The highest BCUT2D eigenvalue weighted by Gasteiger charge is 2.37. The summed E-state index contributed by atoms with van der Waals surface area (Å²) in [6, 6.07) is 3.53. The van der Waals surface area contributed by atoms with Gasteiger partial charge in [-0.2, -0.15) is 0 Å². The van der Waals surface area contributed by atoms with E-state index in [1.54, 1.807) is 0 Å². The van der Waals surface area contributed by atoms with Crippen LogP contribution in [0.2, 0.25) is 0 Å². The van der Waals surface area contributed by atoms with Gasteiger partial charge in [-0.3, -0.25) is 0 Å². The van der Waals surface area contributed by atoms with Gasteiger partial charge in [-0.1, -0.05) is 6.42 Å². The van der Waals surface area contributed by atoms with E-state index in [1.165, 1.54) is 71.1 Å². The molecular weight excluding hydrogens is 348 g/mol. The van der Waals surface area contributed by atoms with Crippen molar-refractivity contribution in [2.24, 2.45) is 0 Å². The van der Waals surface area contributed by atoms with Gasteiger partial charge in [0.1, 0.15) is 5.82 Å². The Kier molecular flexibility index (Phi) is 6.40. The number of likely N-dealkylation sites (tertiary alicyclic amines) is 2. The van der Waals surface area contributed by atoms with Crippen molar-refractivity contribution in [2.45, 2.75) is 63.5 Å². The first-order valence-corrected chi connectivity index (χ1v) is 11.3. The van der Waals surface area contributed by atoms with E-state index in [2.05, 4.69) is 30.5 Å². The zero-order valence-electron chi connectivity index (χ0n) is 17.2. The first-order chi connectivity index (χ1) is 13.8. The molecule has 0 unspecified atom stereocenters. The third kappa shape index (κ3) is 4.45. The van der Waals surface area contributed by atoms with Crippen LogP contribution in [0.1, 0.15) is 51.4 Å². The van der Waals surface area contributed by atoms with Gasteiger partial charge in [0.05, 0.1) is 12.6 Å². The van der Waals surface area contributed by atoms with Gasteiger partial charge in [0.25, 0.3) is 0 Å². The summed E-state index contributed by atoms with van der Waals surface area (Å²) in [5.74, 6) is 0.931. The fourth-order valence-corrected chi connectivity index (χ4v) is 5.28. The molecule has 0 aromatic rings. The van der Waals surface area contributed by atoms with Crippen LogP contribution in [-0.2, 0) is 0 Å². The summed E-state index contributed by atoms with van der Waals surface area (Å²) in [5, 5.41) is 9.58. The first kappa shape index (κ1) is 19.6. The van der Waals surface area contributed by atoms with Crippen molar-refractivity contribution in [3.8, 4) is 6.07 Å². The first-order valence-electron chi connectivity index (χ1n) is 11.3. The van der Waals surface area contributed by atoms with Crippen molar-refractivity contribution in [2.75, 3.05) is 52.4 Å². The summed E-state index contributed by atoms with van der Waals surface area (Å²) in [6.45, 7) is 16.4. The molecule has 0 bridgehead atoms. The minimum atomic E-state index is 0.292. The molecule has 0 aromatic carbocycles. The van der Waals surface area contributed by atoms with Crippen molar-refractivity contribution in [3.05, 3.63) is 22.9 Å². The van der Waals surface area contributed by atoms with Gasteiger partial charge < -0.3 is 19.6 Å². The minimum Gasteiger partial charge on any atom is -0.365 e. The van der Waals surface area contributed by atoms with Crippen molar-refractivity contribution in [1.82, 2.24) is 19.6 Å². The second kappa shape index (κ2) is 9.16. The number of hydrogen-bond acceptors (Lipinski definition) is 5. The molecule has 4 rings (SSSR count). The summed E-state index contributed by atoms with van der Waals surface area (Å²) >= 11 is 0. The summed E-state index contributed by atoms with van der Waals surface area (Å²) in [6.07, 6.45) is 10.2. The van der Waals surface area contributed by atoms with Crippen molar-refractivity contribution in [1.29, 1.82) is 5.26 Å². The predicted molar refractivity (Wildman–Crippen MR) is 110 cm³/mol. The Balaban J connectivity index is 1.36. The quantitative estimate of drug-likeness (QED) is 0.522. The lowest BCUT2D eigenvalue weighted by Crippen LogP contribution is -2.44. The number of hydrogen-bond donors (Lipinski definition) is 0. The maximum absolute atomic E-state index is 9.58. The van der Waals surface area contributed by atoms with Crippen molar-refractivity contribution in [3.63, 3.8) is 0 Å². The Hall–Kier alpha value is -1.76. The van der Waals surface area contributed by atoms with E-state index >= 15 is 0 Å². The monoisotopic (exact) mass is 382 g/mol. The molecule has 3 aliphatic heterocycles. The van der Waals surface area contributed by atoms with E-state index in [0.29, 0.717) is 11.7 Å². The van der Waals surface area contributed by atoms with E-state index in [9.17, 15) is 5.26 Å². The highest BCUT2D eigenvalue weighted by Crippen LogP contribution is 2.33. The zero-order chi connectivity index (χ0) is 19.3. The summed E-state index contributed by atoms with van der Waals surface area (Å²) in [7, 11) is 0. The minimum absolute atomic E-state index is 0.292. The molecule has 0 aromatic heterocycles. The second-order valence-electron chi connectivity index (χ2n) is 8.83. The van der Waals surface area contributed by atoms with E-state index in [-0.39, 0.29) is 0 Å². The normalized spacial score (nSPS) is 26.9. The Bertz CT molecular complexity index is 625. The lowest BCUT2D eigenvalue weighted by molar-refractivity contribution is 0.132. The highest BCUT2D eigenvalue weighted by atomic mass is 15.4. The molecule has 0 spiro atoms. The molecule has 3 heterocycles. The van der Waals surface area contributed by atoms with Gasteiger partial charge in [-0.25, -0.2) is 10.1 Å². The van der Waals surface area contributed by atoms with Crippen LogP contribution in [0.3, 0.4) is 0 Å². The molecule has 152 valence electrons. The predicted octanol–water partition coefficient (Wildman–Crippen LogP) is 2.72. The number of rotatable bonds is 6. The Labute approximate surface area is 170 Å². The number of allylic oxidation sites excluding steroid dienone is 1. The number of piperidine rings is 2. The molecule has 3 saturated heterocycles. The summed E-state index contributed by atoms with van der Waals surface area (Å²) in [5.41, 5.74) is 0.292. The molecule has 0 amide bonds. The smallest absolute Gasteiger partial charge is 0.300 e. The maximum Gasteiger partial charge on any atom is 0.300 e. The van der Waals surface area contributed by atoms with Crippen LogP contribution < -0.4 is 0 Å². The third-order valence-corrected chi connectivity index (χ3v) is 6.97. The van der Waals surface area contributed by atoms with E-state index in [4.69, 9.17) is 6.57 Å². The van der Waals surface area contributed by atoms with Gasteiger partial charge in [0.2, 0.25) is 0 Å². The maximum atomic E-state index is 9.58. The molecule has 0 N–H and O–H groups in total. The van der Waals surface area contributed by atoms with Crippen LogP contribution in [-0.4, -0.2) is 84.0 Å². The number of nitriles is 1. The van der Waals surface area contributed by atoms with Crippen LogP contribution in [0, 0.1) is 17.9 Å². The van der Waals surface area contributed by atoms with Crippen LogP contribution in [0.4, 0.5) is 0 Å². The van der Waals surface area contributed by atoms with Gasteiger partial charge in [0.15, 0.2) is 0 Å². The van der Waals surface area contributed by atoms with Crippen molar-refractivity contribution < 1.29 is 0 Å². The molecule has 1 saturated carbocycles. The van der Waals surface area contributed by atoms with Crippen molar-refractivity contribution >= 4 is 0 Å². The highest BCUT2D eigenvalue weighted by molar-refractivity contribution is 5.34. The molecule has 0 atom stereocenters. The van der Waals surface area contributed by atoms with E-state index in [0.717, 1.165) is 44.5 Å². The average Bonchev–Trinajstić information content (AvgIpc) is 3.52. The van der Waals surface area contributed by atoms with Crippen LogP contribution in [0.25, 0.3) is 4.85 Å². The molecular formula is C22H34N6. The van der Waals surface area contributed by atoms with Gasteiger partial charge in [-0.15, -0.1) is 0 Å². The third-order valence-electron chi connectivity index (χ3n) is 6.97. The molecule has 6 nitrogen and oxygen atoms in total. The SMILES string of the molecule is [C-]#[N+]C(C#N)=C1N(CCCN2CCCCC2)CCN1C1CCN(C2CC2)CC1. The Morgan fingerprint density at radius 1 is 0.929 bits per heavy atom. The second-order valence-corrected chi connectivity index (χ2v) is 8.83. The Morgan fingerprint density at radius 3 is 2.32 bits per heavy atom. The molecule has 6 heteroatoms. The Morgan fingerprint density at radius 2 is 1.68 bits per heavy atom. The molecule has 1 aliphatic carbocycles. The zero-order valence-corrected chi connectivity index (χ0v) is 17.2. The fraction of sp³-hybridized carbons (Fsp3) is 0.818. The fourth-order valence-electron chi connectivity index (χ4n) is 5.28. The lowest BCUT2D eigenvalue weighted by Gasteiger charge is -2.39. The van der Waals surface area contributed by atoms with Gasteiger partial charge in [0, 0.05) is 44.8 Å². The topological polar surface area (TPSA) is 41.1 Å². The van der Waals surface area contributed by atoms with Crippen LogP contribution in [0.5, 0.6) is 0 Å². The molecule has 4 fully saturated rings. The van der Waals surface area contributed by atoms with Crippen LogP contribution >= 0.6 is 0 Å². The van der Waals surface area contributed by atoms with E-state index < -0.39 is 0 Å². The van der Waals surface area contributed by atoms with Crippen LogP contribution in [0.15, 0.2) is 11.5 Å². The standard InChI is InChI=1S/C22H34N6/c1-24-21(18-23)22-27(13-5-12-25-10-3-2-4-11-25)16-17-28(22)20-8-14-26(15-9-20)19-6-7-19/h19-20H,2-17H2. The molecule has 0 radical (unpaired) electrons. The molecule has 28 heavy (non-hydrogen) atoms. The van der Waals surface area contributed by atoms with Gasteiger partial charge in [-0.05, 0) is 64.6 Å².